The van der Waals surface area contributed by atoms with Gasteiger partial charge in [-0.05, 0) is 37.3 Å². The molecule has 0 bridgehead atoms. The van der Waals surface area contributed by atoms with Crippen LogP contribution in [0, 0.1) is 12.7 Å². The summed E-state index contributed by atoms with van der Waals surface area (Å²) in [6.45, 7) is -1.22. The summed E-state index contributed by atoms with van der Waals surface area (Å²) in [7, 11) is 0. The molecule has 138 valence electrons. The van der Waals surface area contributed by atoms with Gasteiger partial charge in [-0.2, -0.15) is 8.78 Å². The largest absolute Gasteiger partial charge is 0.432 e. The Morgan fingerprint density at radius 1 is 1.15 bits per heavy atom. The van der Waals surface area contributed by atoms with Gasteiger partial charge in [0.1, 0.15) is 5.82 Å². The molecule has 27 heavy (non-hydrogen) atoms. The number of imidazole rings is 1. The van der Waals surface area contributed by atoms with Crippen molar-refractivity contribution in [2.24, 2.45) is 4.99 Å². The topological polar surface area (TPSA) is 42.7 Å². The van der Waals surface area contributed by atoms with Crippen molar-refractivity contribution in [3.63, 3.8) is 0 Å². The number of hydrogen-bond donors (Lipinski definition) is 0. The molecule has 8 heteroatoms. The summed E-state index contributed by atoms with van der Waals surface area (Å²) < 4.78 is 45.0. The van der Waals surface area contributed by atoms with Crippen LogP contribution in [0.25, 0.3) is 11.0 Å². The fraction of sp³-hybridized carbons (Fsp3) is 0.158. The quantitative estimate of drug-likeness (QED) is 0.670. The van der Waals surface area contributed by atoms with Gasteiger partial charge in [-0.15, -0.1) is 0 Å². The molecular formula is C19H15F3N4O. The van der Waals surface area contributed by atoms with E-state index in [1.807, 2.05) is 35.8 Å². The smallest absolute Gasteiger partial charge is 0.387 e. The number of halogens is 3. The predicted octanol–water partition coefficient (Wildman–Crippen LogP) is 4.65. The number of fused-ring (bicyclic) bond motifs is 1. The number of rotatable bonds is 4. The third-order valence-corrected chi connectivity index (χ3v) is 4.23. The SMILES string of the molecule is Cc1nc2ccccc2n1C1N=CC=CN1c1ccc(OC(F)F)c(F)c1. The van der Waals surface area contributed by atoms with Crippen molar-refractivity contribution >= 4 is 22.9 Å². The highest BCUT2D eigenvalue weighted by Gasteiger charge is 2.24. The number of allylic oxidation sites excluding steroid dienone is 1. The Morgan fingerprint density at radius 2 is 1.96 bits per heavy atom. The molecule has 0 fully saturated rings. The minimum atomic E-state index is -3.09. The van der Waals surface area contributed by atoms with Gasteiger partial charge >= 0.3 is 6.61 Å². The highest BCUT2D eigenvalue weighted by atomic mass is 19.3. The number of nitrogens with zero attached hydrogens (tertiary/aromatic N) is 4. The number of para-hydroxylation sites is 2. The standard InChI is InChI=1S/C19H15F3N4O/c1-12-24-15-5-2-3-6-16(15)26(12)19-23-9-4-10-25(19)13-7-8-17(14(20)11-13)27-18(21)22/h2-11,18-19H,1H3. The molecule has 3 aromatic rings. The lowest BCUT2D eigenvalue weighted by Gasteiger charge is -2.31. The van der Waals surface area contributed by atoms with Crippen LogP contribution in [0.1, 0.15) is 12.1 Å². The van der Waals surface area contributed by atoms with E-state index in [0.29, 0.717) is 5.69 Å². The van der Waals surface area contributed by atoms with Gasteiger partial charge < -0.3 is 9.64 Å². The minimum absolute atomic E-state index is 0.449. The van der Waals surface area contributed by atoms with Crippen molar-refractivity contribution in [2.45, 2.75) is 19.8 Å². The zero-order valence-corrected chi connectivity index (χ0v) is 14.3. The average molecular weight is 372 g/mol. The molecule has 1 aliphatic heterocycles. The van der Waals surface area contributed by atoms with Crippen molar-refractivity contribution in [3.05, 3.63) is 66.4 Å². The number of aliphatic imine (C=N–C) groups is 1. The Bertz CT molecular complexity index is 1040. The fourth-order valence-electron chi connectivity index (χ4n) is 3.12. The maximum absolute atomic E-state index is 14.2. The Hall–Kier alpha value is -3.29. The summed E-state index contributed by atoms with van der Waals surface area (Å²) in [6.07, 6.45) is 4.59. The molecule has 5 nitrogen and oxygen atoms in total. The van der Waals surface area contributed by atoms with Crippen molar-refractivity contribution in [3.8, 4) is 5.75 Å². The van der Waals surface area contributed by atoms with Crippen LogP contribution in [0.4, 0.5) is 18.9 Å². The van der Waals surface area contributed by atoms with Crippen LogP contribution in [0.15, 0.2) is 59.7 Å². The van der Waals surface area contributed by atoms with Crippen LogP contribution in [0.5, 0.6) is 5.75 Å². The molecule has 2 aromatic carbocycles. The van der Waals surface area contributed by atoms with E-state index in [2.05, 4.69) is 14.7 Å². The van der Waals surface area contributed by atoms with E-state index in [9.17, 15) is 13.2 Å². The van der Waals surface area contributed by atoms with Crippen molar-refractivity contribution in [1.29, 1.82) is 0 Å². The van der Waals surface area contributed by atoms with E-state index in [4.69, 9.17) is 0 Å². The second-order valence-corrected chi connectivity index (χ2v) is 5.90. The third-order valence-electron chi connectivity index (χ3n) is 4.23. The van der Waals surface area contributed by atoms with E-state index in [0.717, 1.165) is 22.9 Å². The van der Waals surface area contributed by atoms with Crippen LogP contribution < -0.4 is 9.64 Å². The minimum Gasteiger partial charge on any atom is -0.432 e. The second-order valence-electron chi connectivity index (χ2n) is 5.90. The maximum Gasteiger partial charge on any atom is 0.387 e. The van der Waals surface area contributed by atoms with Crippen LogP contribution in [-0.2, 0) is 0 Å². The first-order valence-electron chi connectivity index (χ1n) is 8.21. The van der Waals surface area contributed by atoms with Gasteiger partial charge in [0.15, 0.2) is 11.6 Å². The van der Waals surface area contributed by atoms with Crippen LogP contribution in [0.3, 0.4) is 0 Å². The maximum atomic E-state index is 14.2. The molecule has 1 aromatic heterocycles. The number of alkyl halides is 2. The first-order valence-corrected chi connectivity index (χ1v) is 8.21. The second kappa shape index (κ2) is 6.79. The molecule has 0 saturated heterocycles. The summed E-state index contributed by atoms with van der Waals surface area (Å²) in [6, 6.07) is 11.5. The Morgan fingerprint density at radius 3 is 2.74 bits per heavy atom. The molecule has 2 heterocycles. The highest BCUT2D eigenvalue weighted by Crippen LogP contribution is 2.33. The average Bonchev–Trinajstić information content (AvgIpc) is 2.98. The van der Waals surface area contributed by atoms with E-state index >= 15 is 0 Å². The number of benzene rings is 2. The number of ether oxygens (including phenoxy) is 1. The molecule has 1 atom stereocenters. The van der Waals surface area contributed by atoms with Crippen molar-refractivity contribution in [1.82, 2.24) is 9.55 Å². The lowest BCUT2D eigenvalue weighted by atomic mass is 10.2. The molecule has 0 spiro atoms. The molecule has 0 N–H and O–H groups in total. The molecule has 0 saturated carbocycles. The predicted molar refractivity (Wildman–Crippen MR) is 96.7 cm³/mol. The molecule has 1 unspecified atom stereocenters. The fourth-order valence-corrected chi connectivity index (χ4v) is 3.12. The van der Waals surface area contributed by atoms with Crippen LogP contribution >= 0.6 is 0 Å². The lowest BCUT2D eigenvalue weighted by molar-refractivity contribution is -0.0521. The summed E-state index contributed by atoms with van der Waals surface area (Å²) >= 11 is 0. The zero-order valence-electron chi connectivity index (χ0n) is 14.3. The van der Waals surface area contributed by atoms with Gasteiger partial charge in [-0.1, -0.05) is 12.1 Å². The number of aryl methyl sites for hydroxylation is 1. The number of hydrogen-bond acceptors (Lipinski definition) is 4. The van der Waals surface area contributed by atoms with E-state index < -0.39 is 24.5 Å². The van der Waals surface area contributed by atoms with Crippen molar-refractivity contribution in [2.75, 3.05) is 4.90 Å². The molecule has 1 aliphatic rings. The van der Waals surface area contributed by atoms with Gasteiger partial charge in [0.05, 0.1) is 11.0 Å². The van der Waals surface area contributed by atoms with Crippen molar-refractivity contribution < 1.29 is 17.9 Å². The molecule has 4 rings (SSSR count). The monoisotopic (exact) mass is 372 g/mol. The van der Waals surface area contributed by atoms with Gasteiger partial charge in [0.2, 0.25) is 6.29 Å². The molecule has 0 aliphatic carbocycles. The van der Waals surface area contributed by atoms with Gasteiger partial charge in [0.25, 0.3) is 0 Å². The van der Waals surface area contributed by atoms with E-state index in [-0.39, 0.29) is 0 Å². The third kappa shape index (κ3) is 3.14. The molecule has 0 radical (unpaired) electrons. The molecular weight excluding hydrogens is 357 g/mol. The van der Waals surface area contributed by atoms with Gasteiger partial charge in [-0.3, -0.25) is 4.57 Å². The summed E-state index contributed by atoms with van der Waals surface area (Å²) in [5.41, 5.74) is 2.16. The normalized spacial score (nSPS) is 16.5. The number of anilines is 1. The lowest BCUT2D eigenvalue weighted by Crippen LogP contribution is -2.29. The molecule has 0 amide bonds. The summed E-state index contributed by atoms with van der Waals surface area (Å²) in [4.78, 5) is 10.8. The highest BCUT2D eigenvalue weighted by molar-refractivity contribution is 5.78. The van der Waals surface area contributed by atoms with Crippen LogP contribution in [0.2, 0.25) is 0 Å². The first-order chi connectivity index (χ1) is 13.0. The summed E-state index contributed by atoms with van der Waals surface area (Å²) in [5.74, 6) is -0.627. The zero-order chi connectivity index (χ0) is 19.0. The summed E-state index contributed by atoms with van der Waals surface area (Å²) in [5, 5.41) is 0. The Balaban J connectivity index is 1.76. The van der Waals surface area contributed by atoms with Gasteiger partial charge in [0, 0.05) is 24.2 Å². The number of aromatic nitrogens is 2. The van der Waals surface area contributed by atoms with Gasteiger partial charge in [-0.25, -0.2) is 14.4 Å². The van der Waals surface area contributed by atoms with E-state index in [1.54, 1.807) is 23.4 Å². The van der Waals surface area contributed by atoms with E-state index in [1.165, 1.54) is 12.1 Å². The Kier molecular flexibility index (Phi) is 4.31. The first kappa shape index (κ1) is 17.1. The van der Waals surface area contributed by atoms with Crippen LogP contribution in [-0.4, -0.2) is 22.4 Å². The Labute approximate surface area is 153 Å².